The molecule has 17 heavy (non-hydrogen) atoms. The predicted octanol–water partition coefficient (Wildman–Crippen LogP) is 0.753. The molecule has 4 N–H and O–H groups in total. The Labute approximate surface area is 101 Å². The predicted molar refractivity (Wildman–Crippen MR) is 65.4 cm³/mol. The Morgan fingerprint density at radius 1 is 1.47 bits per heavy atom. The monoisotopic (exact) mass is 237 g/mol. The lowest BCUT2D eigenvalue weighted by Crippen LogP contribution is -2.30. The number of carboxylic acids is 1. The summed E-state index contributed by atoms with van der Waals surface area (Å²) in [6.45, 7) is 1.59. The van der Waals surface area contributed by atoms with Crippen molar-refractivity contribution < 1.29 is 9.90 Å². The molecule has 0 saturated heterocycles. The molecule has 0 aliphatic heterocycles. The highest BCUT2D eigenvalue weighted by molar-refractivity contribution is 5.72. The zero-order valence-corrected chi connectivity index (χ0v) is 9.80. The van der Waals surface area contributed by atoms with Crippen LogP contribution in [0.15, 0.2) is 24.4 Å². The molecule has 5 nitrogen and oxygen atoms in total. The zero-order valence-electron chi connectivity index (χ0n) is 9.80. The van der Waals surface area contributed by atoms with E-state index in [0.29, 0.717) is 6.42 Å². The van der Waals surface area contributed by atoms with Crippen LogP contribution >= 0.6 is 0 Å². The second kappa shape index (κ2) is 7.76. The first-order valence-corrected chi connectivity index (χ1v) is 5.79. The van der Waals surface area contributed by atoms with Gasteiger partial charge < -0.3 is 16.2 Å². The molecular weight excluding hydrogens is 218 g/mol. The number of nitrogens with one attached hydrogen (secondary N) is 1. The van der Waals surface area contributed by atoms with E-state index in [1.807, 2.05) is 18.2 Å². The molecule has 1 rings (SSSR count). The average Bonchev–Trinajstić information content (AvgIpc) is 2.34. The third kappa shape index (κ3) is 5.99. The van der Waals surface area contributed by atoms with Crippen LogP contribution in [-0.2, 0) is 11.3 Å². The fourth-order valence-corrected chi connectivity index (χ4v) is 1.46. The smallest absolute Gasteiger partial charge is 0.320 e. The Balaban J connectivity index is 2.00. The molecule has 0 fully saturated rings. The van der Waals surface area contributed by atoms with E-state index in [9.17, 15) is 4.79 Å². The van der Waals surface area contributed by atoms with Gasteiger partial charge in [-0.05, 0) is 31.5 Å². The summed E-state index contributed by atoms with van der Waals surface area (Å²) in [4.78, 5) is 14.6. The van der Waals surface area contributed by atoms with E-state index in [-0.39, 0.29) is 0 Å². The van der Waals surface area contributed by atoms with Crippen molar-refractivity contribution in [2.75, 3.05) is 6.54 Å². The standard InChI is InChI=1S/C12H19N3O2/c13-11(12(16)17)6-2-3-7-14-9-10-5-1-4-8-15-10/h1,4-5,8,11,14H,2-3,6-7,9,13H2,(H,16,17). The third-order valence-electron chi connectivity index (χ3n) is 2.47. The van der Waals surface area contributed by atoms with Gasteiger partial charge in [-0.15, -0.1) is 0 Å². The van der Waals surface area contributed by atoms with E-state index in [1.54, 1.807) is 6.20 Å². The molecule has 94 valence electrons. The number of carbonyl (C=O) groups is 1. The number of hydrogen-bond acceptors (Lipinski definition) is 4. The molecule has 0 aliphatic rings. The van der Waals surface area contributed by atoms with Crippen molar-refractivity contribution in [1.82, 2.24) is 10.3 Å². The number of nitrogens with two attached hydrogens (primary N) is 1. The van der Waals surface area contributed by atoms with Crippen LogP contribution in [0.25, 0.3) is 0 Å². The molecule has 1 aromatic heterocycles. The molecule has 0 spiro atoms. The molecule has 0 aliphatic carbocycles. The number of nitrogens with zero attached hydrogens (tertiary/aromatic N) is 1. The summed E-state index contributed by atoms with van der Waals surface area (Å²) in [5.74, 6) is -0.925. The summed E-state index contributed by atoms with van der Waals surface area (Å²) in [6, 6.07) is 5.07. The number of pyridine rings is 1. The topological polar surface area (TPSA) is 88.2 Å². The van der Waals surface area contributed by atoms with Gasteiger partial charge in [0, 0.05) is 12.7 Å². The fraction of sp³-hybridized carbons (Fsp3) is 0.500. The van der Waals surface area contributed by atoms with Crippen LogP contribution in [0.1, 0.15) is 25.0 Å². The second-order valence-corrected chi connectivity index (χ2v) is 3.94. The van der Waals surface area contributed by atoms with Crippen molar-refractivity contribution in [1.29, 1.82) is 0 Å². The molecule has 0 aromatic carbocycles. The Bertz CT molecular complexity index is 330. The normalized spacial score (nSPS) is 12.3. The molecule has 0 radical (unpaired) electrons. The van der Waals surface area contributed by atoms with Gasteiger partial charge in [0.15, 0.2) is 0 Å². The summed E-state index contributed by atoms with van der Waals surface area (Å²) in [6.07, 6.45) is 4.04. The van der Waals surface area contributed by atoms with Crippen LogP contribution in [0, 0.1) is 0 Å². The largest absolute Gasteiger partial charge is 0.480 e. The average molecular weight is 237 g/mol. The minimum Gasteiger partial charge on any atom is -0.480 e. The number of unbranched alkanes of at least 4 members (excludes halogenated alkanes) is 1. The van der Waals surface area contributed by atoms with Crippen LogP contribution in [0.4, 0.5) is 0 Å². The zero-order chi connectivity index (χ0) is 12.5. The van der Waals surface area contributed by atoms with Gasteiger partial charge >= 0.3 is 5.97 Å². The maximum Gasteiger partial charge on any atom is 0.320 e. The summed E-state index contributed by atoms with van der Waals surface area (Å²) >= 11 is 0. The van der Waals surface area contributed by atoms with Crippen molar-refractivity contribution in [2.45, 2.75) is 31.8 Å². The number of rotatable bonds is 8. The van der Waals surface area contributed by atoms with Gasteiger partial charge in [0.2, 0.25) is 0 Å². The molecule has 0 bridgehead atoms. The Morgan fingerprint density at radius 2 is 2.29 bits per heavy atom. The van der Waals surface area contributed by atoms with Gasteiger partial charge in [0.05, 0.1) is 5.69 Å². The van der Waals surface area contributed by atoms with Crippen LogP contribution in [0.2, 0.25) is 0 Å². The third-order valence-corrected chi connectivity index (χ3v) is 2.47. The number of aliphatic carboxylic acids is 1. The number of aromatic nitrogens is 1. The molecule has 0 saturated carbocycles. The number of hydrogen-bond donors (Lipinski definition) is 3. The first kappa shape index (κ1) is 13.6. The molecular formula is C12H19N3O2. The molecule has 1 aromatic rings. The summed E-state index contributed by atoms with van der Waals surface area (Å²) < 4.78 is 0. The maximum atomic E-state index is 10.5. The lowest BCUT2D eigenvalue weighted by Gasteiger charge is -2.06. The lowest BCUT2D eigenvalue weighted by molar-refractivity contribution is -0.138. The molecule has 1 unspecified atom stereocenters. The highest BCUT2D eigenvalue weighted by Crippen LogP contribution is 1.99. The molecule has 0 amide bonds. The van der Waals surface area contributed by atoms with Gasteiger partial charge in [0.1, 0.15) is 6.04 Å². The van der Waals surface area contributed by atoms with Crippen molar-refractivity contribution in [2.24, 2.45) is 5.73 Å². The fourth-order valence-electron chi connectivity index (χ4n) is 1.46. The SMILES string of the molecule is NC(CCCCNCc1ccccn1)C(=O)O. The van der Waals surface area contributed by atoms with E-state index in [2.05, 4.69) is 10.3 Å². The van der Waals surface area contributed by atoms with Crippen LogP contribution in [-0.4, -0.2) is 28.6 Å². The van der Waals surface area contributed by atoms with E-state index in [1.165, 1.54) is 0 Å². The minimum absolute atomic E-state index is 0.528. The van der Waals surface area contributed by atoms with Gasteiger partial charge in [-0.3, -0.25) is 9.78 Å². The Hall–Kier alpha value is -1.46. The highest BCUT2D eigenvalue weighted by atomic mass is 16.4. The van der Waals surface area contributed by atoms with Crippen LogP contribution in [0.3, 0.4) is 0 Å². The molecule has 1 atom stereocenters. The van der Waals surface area contributed by atoms with E-state index >= 15 is 0 Å². The Kier molecular flexibility index (Phi) is 6.21. The second-order valence-electron chi connectivity index (χ2n) is 3.94. The van der Waals surface area contributed by atoms with Crippen LogP contribution in [0.5, 0.6) is 0 Å². The van der Waals surface area contributed by atoms with Crippen molar-refractivity contribution in [3.63, 3.8) is 0 Å². The molecule has 1 heterocycles. The van der Waals surface area contributed by atoms with Crippen molar-refractivity contribution >= 4 is 5.97 Å². The van der Waals surface area contributed by atoms with E-state index in [4.69, 9.17) is 10.8 Å². The minimum atomic E-state index is -0.925. The van der Waals surface area contributed by atoms with E-state index in [0.717, 1.165) is 31.6 Å². The summed E-state index contributed by atoms with van der Waals surface area (Å²) in [5.41, 5.74) is 6.40. The van der Waals surface area contributed by atoms with Crippen molar-refractivity contribution in [3.05, 3.63) is 30.1 Å². The first-order valence-electron chi connectivity index (χ1n) is 5.79. The van der Waals surface area contributed by atoms with Gasteiger partial charge in [0.25, 0.3) is 0 Å². The van der Waals surface area contributed by atoms with Gasteiger partial charge in [-0.2, -0.15) is 0 Å². The molecule has 5 heteroatoms. The summed E-state index contributed by atoms with van der Waals surface area (Å²) in [7, 11) is 0. The van der Waals surface area contributed by atoms with E-state index < -0.39 is 12.0 Å². The summed E-state index contributed by atoms with van der Waals surface area (Å²) in [5, 5.41) is 11.8. The maximum absolute atomic E-state index is 10.5. The van der Waals surface area contributed by atoms with Gasteiger partial charge in [-0.1, -0.05) is 12.5 Å². The van der Waals surface area contributed by atoms with Crippen molar-refractivity contribution in [3.8, 4) is 0 Å². The lowest BCUT2D eigenvalue weighted by atomic mass is 10.1. The number of carboxylic acid groups (broad SMARTS) is 1. The Morgan fingerprint density at radius 3 is 2.94 bits per heavy atom. The van der Waals surface area contributed by atoms with Crippen LogP contribution < -0.4 is 11.1 Å². The highest BCUT2D eigenvalue weighted by Gasteiger charge is 2.09. The van der Waals surface area contributed by atoms with Gasteiger partial charge in [-0.25, -0.2) is 0 Å². The first-order chi connectivity index (χ1) is 8.20. The quantitative estimate of drug-likeness (QED) is 0.581.